The SMILES string of the molecule is CC(=O)NC1C(N=[N+]=[N-])C=C(C(=O)OC(c2ccccc2)c2ccccc2)CC1OC(=O)CNC(=O)OC(C)(C)C. The van der Waals surface area contributed by atoms with E-state index in [-0.39, 0.29) is 12.0 Å². The largest absolute Gasteiger partial charge is 0.458 e. The van der Waals surface area contributed by atoms with Crippen LogP contribution in [-0.4, -0.2) is 54.3 Å². The Morgan fingerprint density at radius 3 is 2.12 bits per heavy atom. The van der Waals surface area contributed by atoms with E-state index in [1.807, 2.05) is 60.7 Å². The maximum absolute atomic E-state index is 13.5. The molecular formula is C29H33N5O7. The highest BCUT2D eigenvalue weighted by Crippen LogP contribution is 2.30. The summed E-state index contributed by atoms with van der Waals surface area (Å²) < 4.78 is 16.6. The molecule has 216 valence electrons. The lowest BCUT2D eigenvalue weighted by atomic mass is 9.88. The number of hydrogen-bond acceptors (Lipinski definition) is 8. The van der Waals surface area contributed by atoms with Crippen molar-refractivity contribution in [1.82, 2.24) is 10.6 Å². The third-order valence-corrected chi connectivity index (χ3v) is 5.87. The molecule has 3 atom stereocenters. The third-order valence-electron chi connectivity index (χ3n) is 5.87. The molecule has 2 N–H and O–H groups in total. The number of alkyl carbamates (subject to hydrolysis) is 1. The standard InChI is InChI=1S/C29H33N5O7/c1-18(35)32-25-22(33-34-30)15-21(16-23(25)39-24(36)17-31-28(38)41-29(2,3)4)27(37)40-26(19-11-7-5-8-12-19)20-13-9-6-10-14-20/h5-15,22-23,25-26H,16-17H2,1-4H3,(H,31,38)(H,32,35). The van der Waals surface area contributed by atoms with Crippen LogP contribution in [0.25, 0.3) is 10.4 Å². The van der Waals surface area contributed by atoms with Crippen LogP contribution in [0.5, 0.6) is 0 Å². The minimum Gasteiger partial charge on any atom is -0.458 e. The Morgan fingerprint density at radius 1 is 1.02 bits per heavy atom. The highest BCUT2D eigenvalue weighted by Gasteiger charge is 2.39. The van der Waals surface area contributed by atoms with Gasteiger partial charge in [-0.05, 0) is 37.4 Å². The molecule has 0 aromatic heterocycles. The number of rotatable bonds is 9. The van der Waals surface area contributed by atoms with Crippen LogP contribution in [0.1, 0.15) is 51.3 Å². The van der Waals surface area contributed by atoms with E-state index < -0.39 is 60.4 Å². The molecule has 0 saturated carbocycles. The fourth-order valence-corrected chi connectivity index (χ4v) is 4.22. The van der Waals surface area contributed by atoms with E-state index in [0.717, 1.165) is 11.1 Å². The number of carbonyl (C=O) groups excluding carboxylic acids is 4. The summed E-state index contributed by atoms with van der Waals surface area (Å²) in [6, 6.07) is 16.3. The zero-order chi connectivity index (χ0) is 30.0. The molecule has 12 nitrogen and oxygen atoms in total. The number of nitrogens with one attached hydrogen (secondary N) is 2. The lowest BCUT2D eigenvalue weighted by Gasteiger charge is -2.35. The summed E-state index contributed by atoms with van der Waals surface area (Å²) in [5, 5.41) is 8.65. The van der Waals surface area contributed by atoms with Gasteiger partial charge in [0, 0.05) is 23.8 Å². The van der Waals surface area contributed by atoms with E-state index in [1.54, 1.807) is 20.8 Å². The Hall–Kier alpha value is -4.83. The quantitative estimate of drug-likeness (QED) is 0.151. The van der Waals surface area contributed by atoms with E-state index in [1.165, 1.54) is 13.0 Å². The first kappa shape index (κ1) is 30.7. The molecule has 2 aromatic carbocycles. The lowest BCUT2D eigenvalue weighted by molar-refractivity contribution is -0.152. The number of ether oxygens (including phenoxy) is 3. The van der Waals surface area contributed by atoms with Gasteiger partial charge in [0.25, 0.3) is 0 Å². The Kier molecular flexibility index (Phi) is 10.5. The number of hydrogen-bond donors (Lipinski definition) is 2. The number of carbonyl (C=O) groups is 4. The van der Waals surface area contributed by atoms with Gasteiger partial charge in [0.15, 0.2) is 6.10 Å². The average Bonchev–Trinajstić information content (AvgIpc) is 2.92. The Labute approximate surface area is 237 Å². The van der Waals surface area contributed by atoms with E-state index in [4.69, 9.17) is 14.2 Å². The van der Waals surface area contributed by atoms with Gasteiger partial charge in [-0.2, -0.15) is 0 Å². The van der Waals surface area contributed by atoms with Crippen molar-refractivity contribution in [3.8, 4) is 0 Å². The summed E-state index contributed by atoms with van der Waals surface area (Å²) in [5.41, 5.74) is 9.98. The van der Waals surface area contributed by atoms with Gasteiger partial charge < -0.3 is 24.8 Å². The van der Waals surface area contributed by atoms with Gasteiger partial charge in [0.2, 0.25) is 5.91 Å². The molecule has 41 heavy (non-hydrogen) atoms. The van der Waals surface area contributed by atoms with Crippen molar-refractivity contribution in [3.05, 3.63) is 93.9 Å². The highest BCUT2D eigenvalue weighted by molar-refractivity contribution is 5.89. The van der Waals surface area contributed by atoms with Crippen molar-refractivity contribution < 1.29 is 33.4 Å². The van der Waals surface area contributed by atoms with Crippen molar-refractivity contribution in [3.63, 3.8) is 0 Å². The molecular weight excluding hydrogens is 530 g/mol. The second-order valence-corrected chi connectivity index (χ2v) is 10.3. The van der Waals surface area contributed by atoms with Crippen molar-refractivity contribution in [1.29, 1.82) is 0 Å². The van der Waals surface area contributed by atoms with E-state index in [9.17, 15) is 24.7 Å². The summed E-state index contributed by atoms with van der Waals surface area (Å²) in [6.45, 7) is 5.75. The summed E-state index contributed by atoms with van der Waals surface area (Å²) in [7, 11) is 0. The number of amides is 2. The number of nitrogens with zero attached hydrogens (tertiary/aromatic N) is 3. The molecule has 0 radical (unpaired) electrons. The van der Waals surface area contributed by atoms with Crippen LogP contribution >= 0.6 is 0 Å². The molecule has 1 aliphatic carbocycles. The lowest BCUT2D eigenvalue weighted by Crippen LogP contribution is -2.53. The maximum Gasteiger partial charge on any atom is 0.408 e. The van der Waals surface area contributed by atoms with Crippen LogP contribution < -0.4 is 10.6 Å². The number of benzene rings is 2. The normalized spacial score (nSPS) is 18.3. The minimum absolute atomic E-state index is 0.0961. The molecule has 1 aliphatic rings. The minimum atomic E-state index is -1.11. The number of azide groups is 1. The van der Waals surface area contributed by atoms with Gasteiger partial charge in [-0.3, -0.25) is 9.59 Å². The van der Waals surface area contributed by atoms with Crippen LogP contribution in [0.4, 0.5) is 4.79 Å². The van der Waals surface area contributed by atoms with Gasteiger partial charge >= 0.3 is 18.0 Å². The fourth-order valence-electron chi connectivity index (χ4n) is 4.22. The van der Waals surface area contributed by atoms with E-state index in [0.29, 0.717) is 0 Å². The fraction of sp³-hybridized carbons (Fsp3) is 0.379. The first-order valence-electron chi connectivity index (χ1n) is 13.0. The maximum atomic E-state index is 13.5. The average molecular weight is 564 g/mol. The molecule has 2 amide bonds. The monoisotopic (exact) mass is 563 g/mol. The summed E-state index contributed by atoms with van der Waals surface area (Å²) >= 11 is 0. The van der Waals surface area contributed by atoms with Crippen LogP contribution in [0.3, 0.4) is 0 Å². The molecule has 12 heteroatoms. The zero-order valence-corrected chi connectivity index (χ0v) is 23.3. The van der Waals surface area contributed by atoms with E-state index in [2.05, 4.69) is 20.7 Å². The summed E-state index contributed by atoms with van der Waals surface area (Å²) in [4.78, 5) is 52.9. The second-order valence-electron chi connectivity index (χ2n) is 10.3. The molecule has 3 rings (SSSR count). The summed E-state index contributed by atoms with van der Waals surface area (Å²) in [5.74, 6) is -2.03. The second kappa shape index (κ2) is 14.0. The molecule has 0 spiro atoms. The molecule has 2 aromatic rings. The Morgan fingerprint density at radius 2 is 1.61 bits per heavy atom. The molecule has 0 aliphatic heterocycles. The Balaban J connectivity index is 1.84. The van der Waals surface area contributed by atoms with Crippen LogP contribution in [0.2, 0.25) is 0 Å². The van der Waals surface area contributed by atoms with Gasteiger partial charge in [0.1, 0.15) is 18.2 Å². The van der Waals surface area contributed by atoms with Crippen LogP contribution in [0.15, 0.2) is 77.4 Å². The van der Waals surface area contributed by atoms with Crippen molar-refractivity contribution in [2.75, 3.05) is 6.54 Å². The van der Waals surface area contributed by atoms with Gasteiger partial charge in [-0.1, -0.05) is 71.9 Å². The first-order chi connectivity index (χ1) is 19.5. The molecule has 3 unspecified atom stereocenters. The smallest absolute Gasteiger partial charge is 0.408 e. The number of esters is 2. The van der Waals surface area contributed by atoms with E-state index >= 15 is 0 Å². The van der Waals surface area contributed by atoms with Crippen molar-refractivity contribution in [2.45, 2.75) is 64.0 Å². The van der Waals surface area contributed by atoms with Crippen LogP contribution in [-0.2, 0) is 28.6 Å². The Bertz CT molecular complexity index is 1280. The van der Waals surface area contributed by atoms with Gasteiger partial charge in [-0.25, -0.2) is 9.59 Å². The highest BCUT2D eigenvalue weighted by atomic mass is 16.6. The van der Waals surface area contributed by atoms with Crippen molar-refractivity contribution in [2.24, 2.45) is 5.11 Å². The third kappa shape index (κ3) is 9.40. The summed E-state index contributed by atoms with van der Waals surface area (Å²) in [6.07, 6.45) is -1.41. The molecule has 0 saturated heterocycles. The van der Waals surface area contributed by atoms with Crippen molar-refractivity contribution >= 4 is 23.9 Å². The van der Waals surface area contributed by atoms with Gasteiger partial charge in [0.05, 0.1) is 12.1 Å². The first-order valence-corrected chi connectivity index (χ1v) is 13.0. The van der Waals surface area contributed by atoms with Gasteiger partial charge in [-0.15, -0.1) is 0 Å². The molecule has 0 heterocycles. The zero-order valence-electron chi connectivity index (χ0n) is 23.3. The molecule has 0 bridgehead atoms. The van der Waals surface area contributed by atoms with Crippen LogP contribution in [0, 0.1) is 0 Å². The predicted octanol–water partition coefficient (Wildman–Crippen LogP) is 4.27. The molecule has 0 fully saturated rings. The predicted molar refractivity (Wildman–Crippen MR) is 148 cm³/mol. The topological polar surface area (TPSA) is 169 Å².